The van der Waals surface area contributed by atoms with Gasteiger partial charge in [0.15, 0.2) is 0 Å². The van der Waals surface area contributed by atoms with Gasteiger partial charge in [-0.3, -0.25) is 4.98 Å². The Balaban J connectivity index is 2.60. The molecule has 1 aromatic carbocycles. The minimum Gasteiger partial charge on any atom is -0.397 e. The normalized spacial score (nSPS) is 10.2. The highest BCUT2D eigenvalue weighted by atomic mass is 35.5. The van der Waals surface area contributed by atoms with Crippen LogP contribution in [0, 0.1) is 0 Å². The number of hydrogen-bond donors (Lipinski definition) is 2. The van der Waals surface area contributed by atoms with Crippen molar-refractivity contribution in [3.05, 3.63) is 41.6 Å². The molecule has 0 radical (unpaired) electrons. The smallest absolute Gasteiger partial charge is 0.0947 e. The van der Waals surface area contributed by atoms with Gasteiger partial charge in [0.05, 0.1) is 28.3 Å². The minimum atomic E-state index is 0.531. The molecule has 0 aliphatic rings. The molecule has 0 unspecified atom stereocenters. The molecule has 0 saturated heterocycles. The lowest BCUT2D eigenvalue weighted by atomic mass is 10.1. The first-order chi connectivity index (χ1) is 7.18. The van der Waals surface area contributed by atoms with Gasteiger partial charge >= 0.3 is 0 Å². The van der Waals surface area contributed by atoms with E-state index in [2.05, 4.69) is 4.98 Å². The second-order valence-corrected chi connectivity index (χ2v) is 3.59. The lowest BCUT2D eigenvalue weighted by Crippen LogP contribution is -1.96. The minimum absolute atomic E-state index is 0.531. The molecule has 15 heavy (non-hydrogen) atoms. The number of anilines is 2. The molecule has 0 amide bonds. The molecular formula is C11H10ClN3. The zero-order valence-electron chi connectivity index (χ0n) is 7.94. The molecule has 0 saturated carbocycles. The summed E-state index contributed by atoms with van der Waals surface area (Å²) < 4.78 is 0. The first-order valence-electron chi connectivity index (χ1n) is 4.44. The van der Waals surface area contributed by atoms with Crippen molar-refractivity contribution in [3.8, 4) is 11.3 Å². The largest absolute Gasteiger partial charge is 0.397 e. The van der Waals surface area contributed by atoms with E-state index in [1.165, 1.54) is 0 Å². The van der Waals surface area contributed by atoms with Crippen molar-refractivity contribution in [3.63, 3.8) is 0 Å². The summed E-state index contributed by atoms with van der Waals surface area (Å²) in [5, 5.41) is 0.626. The Hall–Kier alpha value is -1.74. The van der Waals surface area contributed by atoms with Crippen LogP contribution in [0.1, 0.15) is 0 Å². The van der Waals surface area contributed by atoms with Gasteiger partial charge in [-0.2, -0.15) is 0 Å². The highest BCUT2D eigenvalue weighted by Gasteiger charge is 2.07. The van der Waals surface area contributed by atoms with Crippen LogP contribution in [-0.4, -0.2) is 4.98 Å². The molecule has 4 N–H and O–H groups in total. The van der Waals surface area contributed by atoms with Gasteiger partial charge in [-0.15, -0.1) is 0 Å². The number of nitrogens with zero attached hydrogens (tertiary/aromatic N) is 1. The Labute approximate surface area is 92.7 Å². The van der Waals surface area contributed by atoms with Crippen LogP contribution in [0.25, 0.3) is 11.3 Å². The zero-order valence-corrected chi connectivity index (χ0v) is 8.70. The highest BCUT2D eigenvalue weighted by molar-refractivity contribution is 6.33. The zero-order chi connectivity index (χ0) is 10.8. The van der Waals surface area contributed by atoms with Gasteiger partial charge in [0.2, 0.25) is 0 Å². The first kappa shape index (κ1) is 9.80. The fourth-order valence-corrected chi connectivity index (χ4v) is 1.60. The summed E-state index contributed by atoms with van der Waals surface area (Å²) in [7, 11) is 0. The van der Waals surface area contributed by atoms with E-state index in [1.54, 1.807) is 18.3 Å². The van der Waals surface area contributed by atoms with Crippen LogP contribution in [-0.2, 0) is 0 Å². The fraction of sp³-hybridized carbons (Fsp3) is 0. The van der Waals surface area contributed by atoms with Crippen molar-refractivity contribution >= 4 is 23.0 Å². The third kappa shape index (κ3) is 1.87. The van der Waals surface area contributed by atoms with Gasteiger partial charge in [-0.1, -0.05) is 29.8 Å². The number of aromatic nitrogens is 1. The molecule has 2 rings (SSSR count). The lowest BCUT2D eigenvalue weighted by molar-refractivity contribution is 1.33. The summed E-state index contributed by atoms with van der Waals surface area (Å²) >= 11 is 6.04. The molecule has 1 heterocycles. The molecule has 0 atom stereocenters. The monoisotopic (exact) mass is 219 g/mol. The number of nitrogens with two attached hydrogens (primary N) is 2. The molecule has 3 nitrogen and oxygen atoms in total. The Morgan fingerprint density at radius 2 is 1.87 bits per heavy atom. The van der Waals surface area contributed by atoms with Crippen molar-refractivity contribution in [1.29, 1.82) is 0 Å². The van der Waals surface area contributed by atoms with Crippen LogP contribution in [0.4, 0.5) is 11.4 Å². The second kappa shape index (κ2) is 3.79. The molecule has 0 aliphatic heterocycles. The summed E-state index contributed by atoms with van der Waals surface area (Å²) in [4.78, 5) is 4.17. The van der Waals surface area contributed by atoms with E-state index in [-0.39, 0.29) is 0 Å². The summed E-state index contributed by atoms with van der Waals surface area (Å²) in [6.07, 6.45) is 1.56. The van der Waals surface area contributed by atoms with Gasteiger partial charge in [-0.25, -0.2) is 0 Å². The average molecular weight is 220 g/mol. The molecule has 1 aromatic heterocycles. The van der Waals surface area contributed by atoms with Crippen LogP contribution in [0.3, 0.4) is 0 Å². The standard InChI is InChI=1S/C11H10ClN3/c12-9-4-2-1-3-8(9)11-10(14)5-7(13)6-15-11/h1-6H,13-14H2. The third-order valence-electron chi connectivity index (χ3n) is 2.07. The summed E-state index contributed by atoms with van der Waals surface area (Å²) in [5.74, 6) is 0. The molecule has 2 aromatic rings. The molecule has 0 spiro atoms. The molecule has 0 bridgehead atoms. The van der Waals surface area contributed by atoms with Crippen molar-refractivity contribution in [2.24, 2.45) is 0 Å². The Morgan fingerprint density at radius 1 is 1.13 bits per heavy atom. The van der Waals surface area contributed by atoms with E-state index < -0.39 is 0 Å². The van der Waals surface area contributed by atoms with Crippen LogP contribution >= 0.6 is 11.6 Å². The predicted octanol–water partition coefficient (Wildman–Crippen LogP) is 2.57. The molecule has 76 valence electrons. The SMILES string of the molecule is Nc1cnc(-c2ccccc2Cl)c(N)c1. The number of halogens is 1. The van der Waals surface area contributed by atoms with Gasteiger partial charge in [-0.05, 0) is 12.1 Å². The van der Waals surface area contributed by atoms with E-state index in [0.29, 0.717) is 22.1 Å². The molecule has 0 fully saturated rings. The van der Waals surface area contributed by atoms with E-state index in [0.717, 1.165) is 5.56 Å². The van der Waals surface area contributed by atoms with E-state index in [9.17, 15) is 0 Å². The summed E-state index contributed by atoms with van der Waals surface area (Å²) in [5.41, 5.74) is 13.9. The van der Waals surface area contributed by atoms with Gasteiger partial charge < -0.3 is 11.5 Å². The van der Waals surface area contributed by atoms with Crippen LogP contribution in [0.2, 0.25) is 5.02 Å². The summed E-state index contributed by atoms with van der Waals surface area (Å²) in [6, 6.07) is 9.09. The Kier molecular flexibility index (Phi) is 2.47. The maximum Gasteiger partial charge on any atom is 0.0947 e. The number of hydrogen-bond acceptors (Lipinski definition) is 3. The highest BCUT2D eigenvalue weighted by Crippen LogP contribution is 2.30. The first-order valence-corrected chi connectivity index (χ1v) is 4.82. The van der Waals surface area contributed by atoms with E-state index in [1.807, 2.05) is 18.2 Å². The van der Waals surface area contributed by atoms with Crippen LogP contribution < -0.4 is 11.5 Å². The van der Waals surface area contributed by atoms with Gasteiger partial charge in [0.1, 0.15) is 0 Å². The molecule has 0 aliphatic carbocycles. The maximum atomic E-state index is 6.04. The number of rotatable bonds is 1. The van der Waals surface area contributed by atoms with Gasteiger partial charge in [0, 0.05) is 5.56 Å². The maximum absolute atomic E-state index is 6.04. The van der Waals surface area contributed by atoms with Crippen LogP contribution in [0.15, 0.2) is 36.5 Å². The fourth-order valence-electron chi connectivity index (χ4n) is 1.38. The molecule has 4 heteroatoms. The number of benzene rings is 1. The third-order valence-corrected chi connectivity index (χ3v) is 2.40. The number of nitrogen functional groups attached to an aromatic ring is 2. The van der Waals surface area contributed by atoms with Gasteiger partial charge in [0.25, 0.3) is 0 Å². The van der Waals surface area contributed by atoms with Crippen molar-refractivity contribution in [2.45, 2.75) is 0 Å². The second-order valence-electron chi connectivity index (χ2n) is 3.19. The Morgan fingerprint density at radius 3 is 2.53 bits per heavy atom. The van der Waals surface area contributed by atoms with E-state index >= 15 is 0 Å². The molecular weight excluding hydrogens is 210 g/mol. The number of pyridine rings is 1. The average Bonchev–Trinajstić information content (AvgIpc) is 2.20. The quantitative estimate of drug-likeness (QED) is 0.775. The van der Waals surface area contributed by atoms with Crippen molar-refractivity contribution in [2.75, 3.05) is 11.5 Å². The topological polar surface area (TPSA) is 64.9 Å². The summed E-state index contributed by atoms with van der Waals surface area (Å²) in [6.45, 7) is 0. The lowest BCUT2D eigenvalue weighted by Gasteiger charge is -2.06. The van der Waals surface area contributed by atoms with Crippen LogP contribution in [0.5, 0.6) is 0 Å². The predicted molar refractivity (Wildman–Crippen MR) is 63.5 cm³/mol. The van der Waals surface area contributed by atoms with E-state index in [4.69, 9.17) is 23.1 Å². The van der Waals surface area contributed by atoms with Crippen molar-refractivity contribution < 1.29 is 0 Å². The Bertz CT molecular complexity index is 497. The van der Waals surface area contributed by atoms with Crippen molar-refractivity contribution in [1.82, 2.24) is 4.98 Å².